The quantitative estimate of drug-likeness (QED) is 0.427. The van der Waals surface area contributed by atoms with Crippen LogP contribution in [0, 0.1) is 0 Å². The third-order valence-corrected chi connectivity index (χ3v) is 6.26. The number of aliphatic hydroxyl groups is 1. The molecule has 83 valence electrons. The molecule has 15 heavy (non-hydrogen) atoms. The zero-order valence-electron chi connectivity index (χ0n) is 7.31. The summed E-state index contributed by atoms with van der Waals surface area (Å²) in [5, 5.41) is 9.65. The first-order chi connectivity index (χ1) is 6.49. The van der Waals surface area contributed by atoms with E-state index in [9.17, 15) is 19.5 Å². The van der Waals surface area contributed by atoms with Crippen molar-refractivity contribution in [3.63, 3.8) is 0 Å². The van der Waals surface area contributed by atoms with Crippen LogP contribution in [0.1, 0.15) is 12.8 Å². The summed E-state index contributed by atoms with van der Waals surface area (Å²) in [6.45, 7) is 0. The minimum atomic E-state index is -3.80. The van der Waals surface area contributed by atoms with Gasteiger partial charge in [-0.2, -0.15) is 0 Å². The van der Waals surface area contributed by atoms with E-state index in [2.05, 4.69) is 8.06 Å². The van der Waals surface area contributed by atoms with Crippen molar-refractivity contribution in [3.05, 3.63) is 0 Å². The van der Waals surface area contributed by atoms with Gasteiger partial charge < -0.3 is 5.48 Å². The number of carbonyl (C=O) groups is 3. The van der Waals surface area contributed by atoms with Crippen LogP contribution >= 0.6 is 0 Å². The van der Waals surface area contributed by atoms with E-state index in [1.807, 2.05) is 0 Å². The van der Waals surface area contributed by atoms with Crippen molar-refractivity contribution >= 4 is 42.0 Å². The standard InChI is InChI=1S/C6H8O7.H2O.Pb/c7-3(8)1-6(13,5(11)12)2-4(9)10;;/h13H,1-2H2,(H,7,8)(H,9,10)(H,11,12);1H2;/q;;+3/p-3. The zero-order valence-corrected chi connectivity index (χ0v) is 11.2. The molecule has 0 amide bonds. The van der Waals surface area contributed by atoms with E-state index in [1.54, 1.807) is 0 Å². The van der Waals surface area contributed by atoms with E-state index >= 15 is 0 Å². The first-order valence-electron chi connectivity index (χ1n) is 3.72. The molecule has 1 radical (unpaired) electrons. The number of fused-ring (bicyclic) bond motifs is 3. The van der Waals surface area contributed by atoms with Crippen molar-refractivity contribution < 1.29 is 33.0 Å². The van der Waals surface area contributed by atoms with Crippen molar-refractivity contribution in [1.82, 2.24) is 0 Å². The summed E-state index contributed by atoms with van der Waals surface area (Å²) in [5.74, 6) is -2.50. The maximum atomic E-state index is 11.2. The van der Waals surface area contributed by atoms with Crippen LogP contribution in [0.2, 0.25) is 0 Å². The normalized spacial score (nSPS) is 24.2. The molecule has 2 bridgehead atoms. The summed E-state index contributed by atoms with van der Waals surface area (Å²) in [6.07, 6.45) is -1.09. The summed E-state index contributed by atoms with van der Waals surface area (Å²) in [7, 11) is 0. The molecular weight excluding hydrogens is 407 g/mol. The molecular formula is C6H7O8Pb. The SMILES string of the molecule is O.O=C1CC2(O)CC(=O)[O][Pb]([O]1)[O]C2=O. The Kier molecular flexibility index (Phi) is 3.30. The molecule has 9 heteroatoms. The van der Waals surface area contributed by atoms with E-state index in [4.69, 9.17) is 0 Å². The van der Waals surface area contributed by atoms with Gasteiger partial charge in [0.25, 0.3) is 0 Å². The monoisotopic (exact) mass is 415 g/mol. The Hall–Kier alpha value is -0.748. The van der Waals surface area contributed by atoms with Crippen molar-refractivity contribution in [2.75, 3.05) is 0 Å². The molecule has 2 fully saturated rings. The van der Waals surface area contributed by atoms with Crippen molar-refractivity contribution in [3.8, 4) is 0 Å². The van der Waals surface area contributed by atoms with Gasteiger partial charge >= 0.3 is 88.0 Å². The molecule has 0 saturated carbocycles. The van der Waals surface area contributed by atoms with Gasteiger partial charge in [0.15, 0.2) is 0 Å². The van der Waals surface area contributed by atoms with Crippen LogP contribution in [-0.2, 0) is 22.4 Å². The average Bonchev–Trinajstić information content (AvgIpc) is 2.13. The number of carbonyl (C=O) groups excluding carboxylic acids is 3. The molecule has 0 aromatic rings. The second kappa shape index (κ2) is 4.02. The van der Waals surface area contributed by atoms with Gasteiger partial charge in [0, 0.05) is 0 Å². The molecule has 0 unspecified atom stereocenters. The van der Waals surface area contributed by atoms with Crippen LogP contribution in [0.4, 0.5) is 0 Å². The molecule has 0 aromatic heterocycles. The van der Waals surface area contributed by atoms with Crippen molar-refractivity contribution in [2.45, 2.75) is 18.4 Å². The van der Waals surface area contributed by atoms with Crippen molar-refractivity contribution in [1.29, 1.82) is 0 Å². The third kappa shape index (κ3) is 2.26. The second-order valence-electron chi connectivity index (χ2n) is 2.97. The molecule has 2 aliphatic heterocycles. The number of rotatable bonds is 0. The molecule has 0 atom stereocenters. The predicted octanol–water partition coefficient (Wildman–Crippen LogP) is -2.69. The summed E-state index contributed by atoms with van der Waals surface area (Å²) < 4.78 is 13.8. The number of hydrogen-bond donors (Lipinski definition) is 1. The predicted molar refractivity (Wildman–Crippen MR) is 41.8 cm³/mol. The van der Waals surface area contributed by atoms with E-state index in [0.29, 0.717) is 0 Å². The van der Waals surface area contributed by atoms with Gasteiger partial charge in [-0.15, -0.1) is 0 Å². The van der Waals surface area contributed by atoms with Gasteiger partial charge in [0.1, 0.15) is 0 Å². The van der Waals surface area contributed by atoms with Gasteiger partial charge in [0.05, 0.1) is 0 Å². The summed E-state index contributed by atoms with van der Waals surface area (Å²) in [6, 6.07) is 0. The molecule has 2 aliphatic rings. The summed E-state index contributed by atoms with van der Waals surface area (Å²) in [4.78, 5) is 33.2. The fourth-order valence-electron chi connectivity index (χ4n) is 1.18. The van der Waals surface area contributed by atoms with Crippen molar-refractivity contribution in [2.24, 2.45) is 0 Å². The molecule has 8 nitrogen and oxygen atoms in total. The topological polar surface area (TPSA) is 131 Å². The molecule has 0 aromatic carbocycles. The van der Waals surface area contributed by atoms with Crippen LogP contribution in [-0.4, -0.2) is 58.2 Å². The molecule has 0 spiro atoms. The summed E-state index contributed by atoms with van der Waals surface area (Å²) >= 11 is -3.80. The van der Waals surface area contributed by atoms with E-state index in [-0.39, 0.29) is 5.48 Å². The van der Waals surface area contributed by atoms with Gasteiger partial charge in [0.2, 0.25) is 0 Å². The Morgan fingerprint density at radius 3 is 2.00 bits per heavy atom. The van der Waals surface area contributed by atoms with Crippen LogP contribution in [0.25, 0.3) is 0 Å². The zero-order chi connectivity index (χ0) is 10.3. The summed E-state index contributed by atoms with van der Waals surface area (Å²) in [5.41, 5.74) is -2.10. The fraction of sp³-hybridized carbons (Fsp3) is 0.500. The van der Waals surface area contributed by atoms with Gasteiger partial charge in [-0.1, -0.05) is 0 Å². The Labute approximate surface area is 93.5 Å². The second-order valence-corrected chi connectivity index (χ2v) is 7.30. The third-order valence-electron chi connectivity index (χ3n) is 1.82. The maximum absolute atomic E-state index is 11.2. The van der Waals surface area contributed by atoms with Crippen LogP contribution in [0.5, 0.6) is 0 Å². The molecule has 0 aliphatic carbocycles. The molecule has 2 heterocycles. The molecule has 2 rings (SSSR count). The van der Waals surface area contributed by atoms with E-state index < -0.39 is 60.4 Å². The Morgan fingerprint density at radius 1 is 1.07 bits per heavy atom. The van der Waals surface area contributed by atoms with Crippen LogP contribution < -0.4 is 0 Å². The van der Waals surface area contributed by atoms with Gasteiger partial charge in [-0.3, -0.25) is 0 Å². The first kappa shape index (κ1) is 12.3. The average molecular weight is 414 g/mol. The van der Waals surface area contributed by atoms with Crippen LogP contribution in [0.15, 0.2) is 0 Å². The van der Waals surface area contributed by atoms with Crippen LogP contribution in [0.3, 0.4) is 0 Å². The Balaban J connectivity index is 0.00000112. The number of hydrogen-bond acceptors (Lipinski definition) is 7. The van der Waals surface area contributed by atoms with Gasteiger partial charge in [-0.05, 0) is 0 Å². The molecule has 3 N–H and O–H groups in total. The first-order valence-corrected chi connectivity index (χ1v) is 8.49. The Bertz CT molecular complexity index is 305. The Morgan fingerprint density at radius 2 is 1.53 bits per heavy atom. The van der Waals surface area contributed by atoms with E-state index in [1.165, 1.54) is 0 Å². The fourth-order valence-corrected chi connectivity index (χ4v) is 5.00. The minimum absolute atomic E-state index is 0. The van der Waals surface area contributed by atoms with E-state index in [0.717, 1.165) is 0 Å². The molecule has 2 saturated heterocycles. The van der Waals surface area contributed by atoms with Gasteiger partial charge in [-0.25, -0.2) is 0 Å².